The molecule has 1 heterocycles. The maximum atomic E-state index is 11.9. The lowest BCUT2D eigenvalue weighted by Crippen LogP contribution is -2.38. The molecule has 0 spiro atoms. The number of carbonyl (C=O) groups excluding carboxylic acids is 1. The van der Waals surface area contributed by atoms with Gasteiger partial charge in [0.15, 0.2) is 5.96 Å². The summed E-state index contributed by atoms with van der Waals surface area (Å²) in [7, 11) is 9.45. The lowest BCUT2D eigenvalue weighted by atomic mass is 10.2. The Hall–Kier alpha value is -2.51. The fourth-order valence-electron chi connectivity index (χ4n) is 2.85. The van der Waals surface area contributed by atoms with Gasteiger partial charge < -0.3 is 25.0 Å². The molecule has 0 unspecified atom stereocenters. The predicted molar refractivity (Wildman–Crippen MR) is 116 cm³/mol. The van der Waals surface area contributed by atoms with Gasteiger partial charge in [-0.25, -0.2) is 0 Å². The van der Waals surface area contributed by atoms with Crippen molar-refractivity contribution in [3.05, 3.63) is 52.8 Å². The molecule has 7 nitrogen and oxygen atoms in total. The van der Waals surface area contributed by atoms with E-state index in [4.69, 9.17) is 11.6 Å². The van der Waals surface area contributed by atoms with Crippen LogP contribution in [0.3, 0.4) is 0 Å². The highest BCUT2D eigenvalue weighted by Crippen LogP contribution is 2.14. The predicted octanol–water partition coefficient (Wildman–Crippen LogP) is 2.39. The van der Waals surface area contributed by atoms with E-state index in [1.165, 1.54) is 0 Å². The average molecular weight is 405 g/mol. The molecule has 0 radical (unpaired) electrons. The first kappa shape index (κ1) is 21.8. The zero-order chi connectivity index (χ0) is 20.7. The van der Waals surface area contributed by atoms with Gasteiger partial charge in [-0.05, 0) is 37.9 Å². The van der Waals surface area contributed by atoms with E-state index in [1.807, 2.05) is 79.1 Å². The summed E-state index contributed by atoms with van der Waals surface area (Å²) in [6.07, 6.45) is 1.89. The first-order valence-electron chi connectivity index (χ1n) is 9.04. The average Bonchev–Trinajstić information content (AvgIpc) is 2.92. The van der Waals surface area contributed by atoms with Crippen LogP contribution in [0.15, 0.2) is 41.5 Å². The number of aryl methyl sites for hydroxylation is 1. The largest absolute Gasteiger partial charge is 0.352 e. The van der Waals surface area contributed by atoms with Crippen LogP contribution >= 0.6 is 11.6 Å². The number of nitrogens with one attached hydrogen (secondary N) is 2. The Bertz CT molecular complexity index is 830. The van der Waals surface area contributed by atoms with Crippen LogP contribution < -0.4 is 10.6 Å². The molecular formula is C20H29ClN6O. The maximum Gasteiger partial charge on any atom is 0.238 e. The highest BCUT2D eigenvalue weighted by Gasteiger charge is 2.10. The second-order valence-electron chi connectivity index (χ2n) is 7.00. The van der Waals surface area contributed by atoms with Crippen LogP contribution in [0.25, 0.3) is 0 Å². The maximum absolute atomic E-state index is 11.9. The number of anilines is 1. The van der Waals surface area contributed by atoms with Gasteiger partial charge in [-0.15, -0.1) is 0 Å². The van der Waals surface area contributed by atoms with Crippen molar-refractivity contribution < 1.29 is 4.79 Å². The standard InChI is InChI=1S/C20H29ClN6O/c1-22-20(27(5)13-18-10-16(21)12-26(18)4)23-11-15-7-6-8-17(9-15)24-19(28)14-25(2)3/h6-10,12H,11,13-14H2,1-5H3,(H,22,23)(H,24,28). The summed E-state index contributed by atoms with van der Waals surface area (Å²) < 4.78 is 2.01. The molecule has 0 aliphatic heterocycles. The topological polar surface area (TPSA) is 64.9 Å². The summed E-state index contributed by atoms with van der Waals surface area (Å²) in [5.74, 6) is 0.742. The number of hydrogen-bond donors (Lipinski definition) is 2. The Labute approximate surface area is 172 Å². The van der Waals surface area contributed by atoms with Gasteiger partial charge in [-0.1, -0.05) is 23.7 Å². The third-order valence-corrected chi connectivity index (χ3v) is 4.37. The van der Waals surface area contributed by atoms with Crippen LogP contribution in [0.2, 0.25) is 5.02 Å². The molecule has 0 saturated heterocycles. The first-order valence-corrected chi connectivity index (χ1v) is 9.42. The van der Waals surface area contributed by atoms with Crippen molar-refractivity contribution in [2.24, 2.45) is 12.0 Å². The van der Waals surface area contributed by atoms with Gasteiger partial charge in [-0.3, -0.25) is 9.79 Å². The fraction of sp³-hybridized carbons (Fsp3) is 0.400. The molecule has 0 atom stereocenters. The van der Waals surface area contributed by atoms with Crippen molar-refractivity contribution in [1.82, 2.24) is 19.7 Å². The third kappa shape index (κ3) is 6.58. The van der Waals surface area contributed by atoms with E-state index in [0.29, 0.717) is 19.6 Å². The first-order chi connectivity index (χ1) is 13.3. The number of halogens is 1. The highest BCUT2D eigenvalue weighted by atomic mass is 35.5. The van der Waals surface area contributed by atoms with Crippen LogP contribution in [0.1, 0.15) is 11.3 Å². The zero-order valence-corrected chi connectivity index (χ0v) is 17.9. The number of rotatable bonds is 7. The summed E-state index contributed by atoms with van der Waals surface area (Å²) in [6.45, 7) is 1.63. The van der Waals surface area contributed by atoms with Crippen molar-refractivity contribution >= 4 is 29.2 Å². The van der Waals surface area contributed by atoms with Gasteiger partial charge in [0.25, 0.3) is 0 Å². The van der Waals surface area contributed by atoms with Crippen LogP contribution in [-0.4, -0.2) is 61.0 Å². The Morgan fingerprint density at radius 3 is 2.61 bits per heavy atom. The summed E-state index contributed by atoms with van der Waals surface area (Å²) in [6, 6.07) is 9.74. The number of carbonyl (C=O) groups is 1. The van der Waals surface area contributed by atoms with Crippen molar-refractivity contribution in [3.8, 4) is 0 Å². The summed E-state index contributed by atoms with van der Waals surface area (Å²) >= 11 is 6.06. The molecular weight excluding hydrogens is 376 g/mol. The van der Waals surface area contributed by atoms with Crippen LogP contribution in [0.5, 0.6) is 0 Å². The zero-order valence-electron chi connectivity index (χ0n) is 17.2. The number of likely N-dealkylation sites (N-methyl/N-ethyl adjacent to an activating group) is 1. The molecule has 0 saturated carbocycles. The van der Waals surface area contributed by atoms with E-state index >= 15 is 0 Å². The number of amides is 1. The molecule has 8 heteroatoms. The number of hydrogen-bond acceptors (Lipinski definition) is 3. The van der Waals surface area contributed by atoms with Gasteiger partial charge in [0, 0.05) is 45.3 Å². The fourth-order valence-corrected chi connectivity index (χ4v) is 3.13. The molecule has 28 heavy (non-hydrogen) atoms. The minimum Gasteiger partial charge on any atom is -0.352 e. The third-order valence-electron chi connectivity index (χ3n) is 4.17. The van der Waals surface area contributed by atoms with Crippen LogP contribution in [-0.2, 0) is 24.9 Å². The molecule has 1 aromatic heterocycles. The van der Waals surface area contributed by atoms with Crippen molar-refractivity contribution in [2.75, 3.05) is 40.1 Å². The van der Waals surface area contributed by atoms with Crippen LogP contribution in [0, 0.1) is 0 Å². The SMILES string of the molecule is CN=C(NCc1cccc(NC(=O)CN(C)C)c1)N(C)Cc1cc(Cl)cn1C. The number of nitrogens with zero attached hydrogens (tertiary/aromatic N) is 4. The number of guanidine groups is 1. The Morgan fingerprint density at radius 2 is 2.00 bits per heavy atom. The van der Waals surface area contributed by atoms with E-state index in [0.717, 1.165) is 27.9 Å². The lowest BCUT2D eigenvalue weighted by molar-refractivity contribution is -0.116. The molecule has 0 aliphatic carbocycles. The lowest BCUT2D eigenvalue weighted by Gasteiger charge is -2.22. The minimum atomic E-state index is -0.0353. The van der Waals surface area contributed by atoms with E-state index < -0.39 is 0 Å². The molecule has 0 aliphatic rings. The molecule has 2 aromatic rings. The molecule has 2 N–H and O–H groups in total. The van der Waals surface area contributed by atoms with E-state index in [-0.39, 0.29) is 5.91 Å². The molecule has 2 rings (SSSR count). The van der Waals surface area contributed by atoms with Gasteiger partial charge in [0.05, 0.1) is 18.1 Å². The Morgan fingerprint density at radius 1 is 1.25 bits per heavy atom. The number of benzene rings is 1. The summed E-state index contributed by atoms with van der Waals surface area (Å²) in [5, 5.41) is 7.00. The molecule has 0 fully saturated rings. The van der Waals surface area contributed by atoms with Crippen LogP contribution in [0.4, 0.5) is 5.69 Å². The monoisotopic (exact) mass is 404 g/mol. The summed E-state index contributed by atoms with van der Waals surface area (Å²) in [5.41, 5.74) is 2.94. The number of aromatic nitrogens is 1. The summed E-state index contributed by atoms with van der Waals surface area (Å²) in [4.78, 5) is 20.2. The van der Waals surface area contributed by atoms with E-state index in [2.05, 4.69) is 15.6 Å². The minimum absolute atomic E-state index is 0.0353. The molecule has 1 amide bonds. The van der Waals surface area contributed by atoms with E-state index in [9.17, 15) is 4.79 Å². The quantitative estimate of drug-likeness (QED) is 0.549. The van der Waals surface area contributed by atoms with E-state index in [1.54, 1.807) is 7.05 Å². The number of aliphatic imine (C=N–C) groups is 1. The Kier molecular flexibility index (Phi) is 7.90. The van der Waals surface area contributed by atoms with Gasteiger partial charge in [0.1, 0.15) is 0 Å². The Balaban J connectivity index is 1.94. The molecule has 152 valence electrons. The molecule has 1 aromatic carbocycles. The van der Waals surface area contributed by atoms with Gasteiger partial charge in [-0.2, -0.15) is 0 Å². The highest BCUT2D eigenvalue weighted by molar-refractivity contribution is 6.30. The van der Waals surface area contributed by atoms with Crippen molar-refractivity contribution in [3.63, 3.8) is 0 Å². The van der Waals surface area contributed by atoms with Gasteiger partial charge in [0.2, 0.25) is 5.91 Å². The normalized spacial score (nSPS) is 11.6. The second-order valence-corrected chi connectivity index (χ2v) is 7.44. The molecule has 0 bridgehead atoms. The smallest absolute Gasteiger partial charge is 0.238 e. The second kappa shape index (κ2) is 10.1. The van der Waals surface area contributed by atoms with Crippen molar-refractivity contribution in [1.29, 1.82) is 0 Å². The van der Waals surface area contributed by atoms with Gasteiger partial charge >= 0.3 is 0 Å². The van der Waals surface area contributed by atoms with Crippen molar-refractivity contribution in [2.45, 2.75) is 13.1 Å².